The summed E-state index contributed by atoms with van der Waals surface area (Å²) in [5.74, 6) is 0. The maximum absolute atomic E-state index is 12.3. The minimum Gasteiger partial charge on any atom is -0.362 e. The van der Waals surface area contributed by atoms with Crippen molar-refractivity contribution in [3.05, 3.63) is 107 Å². The van der Waals surface area contributed by atoms with Gasteiger partial charge in [-0.1, -0.05) is 58.7 Å². The summed E-state index contributed by atoms with van der Waals surface area (Å²) in [6, 6.07) is 13.8. The number of aryl methyl sites for hydroxylation is 2. The molecule has 0 unspecified atom stereocenters. The molecule has 0 bridgehead atoms. The van der Waals surface area contributed by atoms with E-state index in [4.69, 9.17) is 4.79 Å². The van der Waals surface area contributed by atoms with E-state index in [0.29, 0.717) is 9.79 Å². The molecule has 4 nitrogen and oxygen atoms in total. The van der Waals surface area contributed by atoms with Crippen LogP contribution in [0.25, 0.3) is 0 Å². The van der Waals surface area contributed by atoms with Crippen molar-refractivity contribution >= 4 is 16.6 Å². The molecule has 34 heavy (non-hydrogen) atoms. The van der Waals surface area contributed by atoms with Gasteiger partial charge in [0.25, 0.3) is 0 Å². The number of benzene rings is 2. The maximum Gasteiger partial charge on any atom is 0.206 e. The first kappa shape index (κ1) is 27.1. The second-order valence-corrected chi connectivity index (χ2v) is 10.6. The maximum atomic E-state index is 12.3. The largest absolute Gasteiger partial charge is 0.362 e. The molecule has 2 aliphatic rings. The van der Waals surface area contributed by atoms with Crippen LogP contribution in [0.3, 0.4) is 0 Å². The normalized spacial score (nSPS) is 15.2. The zero-order chi connectivity index (χ0) is 25.1. The Hall–Kier alpha value is -3.18. The van der Waals surface area contributed by atoms with Gasteiger partial charge in [0.1, 0.15) is 6.79 Å². The van der Waals surface area contributed by atoms with Gasteiger partial charge in [-0.2, -0.15) is 0 Å². The van der Waals surface area contributed by atoms with Crippen molar-refractivity contribution in [2.45, 2.75) is 63.2 Å². The van der Waals surface area contributed by atoms with E-state index in [0.717, 1.165) is 24.0 Å². The average Bonchev–Trinajstić information content (AvgIpc) is 2.84. The lowest BCUT2D eigenvalue weighted by atomic mass is 10.0. The van der Waals surface area contributed by atoms with Crippen LogP contribution >= 0.6 is 0 Å². The highest BCUT2D eigenvalue weighted by Crippen LogP contribution is 2.22. The molecule has 0 saturated heterocycles. The summed E-state index contributed by atoms with van der Waals surface area (Å²) < 4.78 is 24.5. The summed E-state index contributed by atoms with van der Waals surface area (Å²) >= 11 is 0. The van der Waals surface area contributed by atoms with Crippen molar-refractivity contribution in [2.75, 3.05) is 0 Å². The fourth-order valence-corrected chi connectivity index (χ4v) is 4.73. The number of allylic oxidation sites excluding steroid dienone is 8. The number of rotatable bonds is 4. The number of hydrogen-bond acceptors (Lipinski definition) is 4. The van der Waals surface area contributed by atoms with E-state index in [1.807, 2.05) is 20.6 Å². The number of carbonyl (C=O) groups is 1. The molecule has 2 aromatic rings. The third-order valence-electron chi connectivity index (χ3n) is 5.70. The van der Waals surface area contributed by atoms with Crippen molar-refractivity contribution < 1.29 is 13.2 Å². The van der Waals surface area contributed by atoms with Gasteiger partial charge in [-0.3, -0.25) is 0 Å². The monoisotopic (exact) mass is 477 g/mol. The highest BCUT2D eigenvalue weighted by atomic mass is 32.2. The zero-order valence-electron chi connectivity index (χ0n) is 20.6. The van der Waals surface area contributed by atoms with Gasteiger partial charge in [0, 0.05) is 11.4 Å². The summed E-state index contributed by atoms with van der Waals surface area (Å²) in [5, 5.41) is 3.53. The van der Waals surface area contributed by atoms with Crippen molar-refractivity contribution in [1.82, 2.24) is 5.32 Å². The van der Waals surface area contributed by atoms with Crippen LogP contribution in [0.2, 0.25) is 0 Å². The fraction of sp³-hybridized carbons (Fsp3) is 0.276. The lowest BCUT2D eigenvalue weighted by molar-refractivity contribution is -0.0980. The van der Waals surface area contributed by atoms with E-state index in [9.17, 15) is 8.42 Å². The predicted molar refractivity (Wildman–Crippen MR) is 140 cm³/mol. The van der Waals surface area contributed by atoms with Gasteiger partial charge in [-0.15, -0.1) is 0 Å². The van der Waals surface area contributed by atoms with E-state index < -0.39 is 9.84 Å². The smallest absolute Gasteiger partial charge is 0.206 e. The summed E-state index contributed by atoms with van der Waals surface area (Å²) in [5.41, 5.74) is 7.78. The van der Waals surface area contributed by atoms with Gasteiger partial charge in [0.05, 0.1) is 9.79 Å². The van der Waals surface area contributed by atoms with Crippen LogP contribution in [0, 0.1) is 13.8 Å². The van der Waals surface area contributed by atoms with Crippen LogP contribution in [-0.2, 0) is 14.6 Å². The fourth-order valence-electron chi connectivity index (χ4n) is 3.47. The molecular weight excluding hydrogens is 442 g/mol. The minimum absolute atomic E-state index is 0.340. The van der Waals surface area contributed by atoms with Crippen LogP contribution < -0.4 is 5.32 Å². The standard InChI is InChI=1S/C14H19N.C14H14O2S.CH2O/c1-11-3-7-13(8-4-11)15-14-9-5-12(2)6-10-14;1-11-3-7-13(8-4-11)17(15,16)14-9-5-12(2)6-10-14;1-2/h3,5,7,9,15H,4,6,8,10H2,1-2H3;3-10H,1-2H3;1H2. The lowest BCUT2D eigenvalue weighted by Gasteiger charge is -2.19. The van der Waals surface area contributed by atoms with Crippen molar-refractivity contribution in [2.24, 2.45) is 0 Å². The minimum atomic E-state index is -3.37. The molecule has 5 heteroatoms. The molecule has 0 heterocycles. The Balaban J connectivity index is 0.000000225. The molecule has 0 spiro atoms. The van der Waals surface area contributed by atoms with Crippen LogP contribution in [0.4, 0.5) is 0 Å². The van der Waals surface area contributed by atoms with E-state index >= 15 is 0 Å². The third-order valence-corrected chi connectivity index (χ3v) is 7.48. The second-order valence-electron chi connectivity index (χ2n) is 8.66. The highest BCUT2D eigenvalue weighted by Gasteiger charge is 2.16. The van der Waals surface area contributed by atoms with Crippen LogP contribution in [0.15, 0.2) is 105 Å². The third kappa shape index (κ3) is 7.99. The quantitative estimate of drug-likeness (QED) is 0.527. The van der Waals surface area contributed by atoms with Gasteiger partial charge in [0.2, 0.25) is 9.84 Å². The van der Waals surface area contributed by atoms with Crippen LogP contribution in [-0.4, -0.2) is 15.2 Å². The molecule has 2 aromatic carbocycles. The number of nitrogens with one attached hydrogen (secondary N) is 1. The lowest BCUT2D eigenvalue weighted by Crippen LogP contribution is -2.15. The SMILES string of the molecule is C=O.CC1=CC=C(NC2=CC=C(C)CC2)CC1.Cc1ccc(S(=O)(=O)c2ccc(C)cc2)cc1. The number of hydrogen-bond donors (Lipinski definition) is 1. The Morgan fingerprint density at radius 1 is 0.588 bits per heavy atom. The highest BCUT2D eigenvalue weighted by molar-refractivity contribution is 7.91. The van der Waals surface area contributed by atoms with Crippen molar-refractivity contribution in [3.63, 3.8) is 0 Å². The Morgan fingerprint density at radius 3 is 1.24 bits per heavy atom. The van der Waals surface area contributed by atoms with Gasteiger partial charge in [-0.05, 0) is 89.8 Å². The van der Waals surface area contributed by atoms with Gasteiger partial charge < -0.3 is 10.1 Å². The number of sulfone groups is 1. The summed E-state index contributed by atoms with van der Waals surface area (Å²) in [6.45, 7) is 10.3. The molecule has 0 radical (unpaired) electrons. The summed E-state index contributed by atoms with van der Waals surface area (Å²) in [4.78, 5) is 8.68. The van der Waals surface area contributed by atoms with Crippen molar-refractivity contribution in [1.29, 1.82) is 0 Å². The van der Waals surface area contributed by atoms with Crippen LogP contribution in [0.1, 0.15) is 50.7 Å². The molecule has 0 aromatic heterocycles. The molecule has 4 rings (SSSR count). The molecule has 2 aliphatic carbocycles. The van der Waals surface area contributed by atoms with E-state index in [1.54, 1.807) is 48.5 Å². The second kappa shape index (κ2) is 12.9. The Kier molecular flexibility index (Phi) is 10.3. The van der Waals surface area contributed by atoms with Gasteiger partial charge in [0.15, 0.2) is 0 Å². The molecule has 0 fully saturated rings. The van der Waals surface area contributed by atoms with Gasteiger partial charge >= 0.3 is 0 Å². The Labute approximate surface area is 204 Å². The molecule has 0 atom stereocenters. The van der Waals surface area contributed by atoms with E-state index in [-0.39, 0.29) is 0 Å². The first-order valence-electron chi connectivity index (χ1n) is 11.4. The zero-order valence-corrected chi connectivity index (χ0v) is 21.4. The number of carbonyl (C=O) groups excluding carboxylic acids is 1. The molecule has 1 N–H and O–H groups in total. The van der Waals surface area contributed by atoms with Gasteiger partial charge in [-0.25, -0.2) is 8.42 Å². The molecular formula is C29H35NO3S. The summed E-state index contributed by atoms with van der Waals surface area (Å²) in [6.07, 6.45) is 13.6. The average molecular weight is 478 g/mol. The Morgan fingerprint density at radius 2 is 0.941 bits per heavy atom. The topological polar surface area (TPSA) is 63.2 Å². The van der Waals surface area contributed by atoms with Crippen molar-refractivity contribution in [3.8, 4) is 0 Å². The summed E-state index contributed by atoms with van der Waals surface area (Å²) in [7, 11) is -3.37. The van der Waals surface area contributed by atoms with E-state index in [2.05, 4.69) is 43.5 Å². The Bertz CT molecular complexity index is 1100. The molecule has 0 saturated carbocycles. The first-order chi connectivity index (χ1) is 16.2. The molecule has 180 valence electrons. The molecule has 0 amide bonds. The predicted octanol–water partition coefficient (Wildman–Crippen LogP) is 6.78. The first-order valence-corrected chi connectivity index (χ1v) is 12.9. The van der Waals surface area contributed by atoms with Crippen LogP contribution in [0.5, 0.6) is 0 Å². The molecule has 0 aliphatic heterocycles. The van der Waals surface area contributed by atoms with E-state index in [1.165, 1.54) is 35.4 Å².